The van der Waals surface area contributed by atoms with Crippen LogP contribution in [-0.2, 0) is 0 Å². The molecular weight excluding hydrogens is 396 g/mol. The molecule has 6 heteroatoms. The Balaban J connectivity index is 2.03. The molecule has 20 heavy (non-hydrogen) atoms. The summed E-state index contributed by atoms with van der Waals surface area (Å²) in [6.45, 7) is 0. The van der Waals surface area contributed by atoms with Gasteiger partial charge < -0.3 is 0 Å². The average molecular weight is 404 g/mol. The number of rotatable bonds is 5. The Bertz CT molecular complexity index is 602. The summed E-state index contributed by atoms with van der Waals surface area (Å²) in [5.74, 6) is -1.18. The topological polar surface area (TPSA) is 34.1 Å². The van der Waals surface area contributed by atoms with Gasteiger partial charge in [-0.05, 0) is 0 Å². The van der Waals surface area contributed by atoms with Crippen LogP contribution in [0.1, 0.15) is 20.7 Å². The van der Waals surface area contributed by atoms with Gasteiger partial charge in [0.15, 0.2) is 0 Å². The van der Waals surface area contributed by atoms with Crippen LogP contribution in [0.3, 0.4) is 0 Å². The predicted molar refractivity (Wildman–Crippen MR) is 73.0 cm³/mol. The van der Waals surface area contributed by atoms with Crippen LogP contribution in [0.15, 0.2) is 48.5 Å². The quantitative estimate of drug-likeness (QED) is 0.717. The third kappa shape index (κ3) is 3.61. The zero-order valence-electron chi connectivity index (χ0n) is 10.0. The predicted octanol–water partition coefficient (Wildman–Crippen LogP) is 2.27. The fourth-order valence-electron chi connectivity index (χ4n) is 1.42. The summed E-state index contributed by atoms with van der Waals surface area (Å²) in [6.07, 6.45) is 0. The summed E-state index contributed by atoms with van der Waals surface area (Å²) in [7, 11) is 0. The molecule has 0 bridgehead atoms. The second-order valence-electron chi connectivity index (χ2n) is 3.70. The summed E-state index contributed by atoms with van der Waals surface area (Å²) in [5, 5.41) is 0. The van der Waals surface area contributed by atoms with E-state index in [4.69, 9.17) is 0 Å². The zero-order chi connectivity index (χ0) is 14.5. The van der Waals surface area contributed by atoms with E-state index in [0.29, 0.717) is 0 Å². The first-order valence-corrected chi connectivity index (χ1v) is 11.6. The van der Waals surface area contributed by atoms with E-state index in [2.05, 4.69) is 0 Å². The van der Waals surface area contributed by atoms with Crippen LogP contribution in [0.4, 0.5) is 8.78 Å². The third-order valence-electron chi connectivity index (χ3n) is 2.38. The average Bonchev–Trinajstić information content (AvgIpc) is 2.45. The van der Waals surface area contributed by atoms with E-state index in [-0.39, 0.29) is 20.5 Å². The summed E-state index contributed by atoms with van der Waals surface area (Å²) in [6, 6.07) is 11.3. The summed E-state index contributed by atoms with van der Waals surface area (Å²) >= 11 is -1.37. The van der Waals surface area contributed by atoms with Gasteiger partial charge in [0.1, 0.15) is 0 Å². The molecule has 0 saturated carbocycles. The third-order valence-corrected chi connectivity index (χ3v) is 8.32. The van der Waals surface area contributed by atoms with Crippen molar-refractivity contribution in [2.24, 2.45) is 0 Å². The number of carbonyl (C=O) groups is 2. The Morgan fingerprint density at radius 2 is 1.05 bits per heavy atom. The molecule has 2 aromatic rings. The van der Waals surface area contributed by atoms with Crippen molar-refractivity contribution in [2.45, 2.75) is 0 Å². The first-order chi connectivity index (χ1) is 9.59. The van der Waals surface area contributed by atoms with Crippen LogP contribution < -0.4 is 0 Å². The molecule has 0 fully saturated rings. The van der Waals surface area contributed by atoms with Crippen molar-refractivity contribution in [1.82, 2.24) is 0 Å². The van der Waals surface area contributed by atoms with E-state index in [0.717, 1.165) is 0 Å². The van der Waals surface area contributed by atoms with Gasteiger partial charge in [0, 0.05) is 0 Å². The van der Waals surface area contributed by atoms with Crippen LogP contribution >= 0.6 is 0 Å². The Labute approximate surface area is 125 Å². The number of halogens is 2. The zero-order valence-corrected chi connectivity index (χ0v) is 13.4. The second kappa shape index (κ2) is 6.91. The van der Waals surface area contributed by atoms with Crippen LogP contribution in [0.2, 0.25) is 0 Å². The Hall–Kier alpha value is -1.32. The van der Waals surface area contributed by atoms with E-state index in [1.165, 1.54) is 36.4 Å². The Morgan fingerprint density at radius 3 is 1.40 bits per heavy atom. The van der Waals surface area contributed by atoms with E-state index in [1.807, 2.05) is 0 Å². The molecule has 2 nitrogen and oxygen atoms in total. The van der Waals surface area contributed by atoms with Crippen LogP contribution in [-0.4, -0.2) is 35.6 Å². The van der Waals surface area contributed by atoms with Gasteiger partial charge in [-0.2, -0.15) is 0 Å². The minimum absolute atomic E-state index is 0.00397. The van der Waals surface area contributed by atoms with Crippen molar-refractivity contribution in [2.75, 3.05) is 0 Å². The molecule has 0 aliphatic heterocycles. The van der Waals surface area contributed by atoms with Gasteiger partial charge in [0.25, 0.3) is 0 Å². The molecule has 0 amide bonds. The minimum atomic E-state index is -0.686. The maximum atomic E-state index is 13.4. The summed E-state index contributed by atoms with van der Waals surface area (Å²) in [4.78, 5) is 23.7. The molecular formula is C14H8F2O2Se2. The molecule has 0 aromatic heterocycles. The molecule has 0 atom stereocenters. The first kappa shape index (κ1) is 15.1. The van der Waals surface area contributed by atoms with Crippen molar-refractivity contribution >= 4 is 35.6 Å². The van der Waals surface area contributed by atoms with Crippen molar-refractivity contribution < 1.29 is 18.4 Å². The van der Waals surface area contributed by atoms with E-state index < -0.39 is 37.9 Å². The fraction of sp³-hybridized carbons (Fsp3) is 0. The van der Waals surface area contributed by atoms with E-state index in [9.17, 15) is 18.4 Å². The standard InChI is InChI=1S/C14H8F2O2Se2/c15-11-7-3-1-5-9(11)13(17)19-20-14(18)10-6-2-4-8-12(10)16/h1-8H. The molecule has 0 aliphatic rings. The molecule has 0 aliphatic carbocycles. The van der Waals surface area contributed by atoms with Gasteiger partial charge in [0.05, 0.1) is 0 Å². The number of hydrogen-bond donors (Lipinski definition) is 0. The van der Waals surface area contributed by atoms with Gasteiger partial charge in [-0.3, -0.25) is 0 Å². The van der Waals surface area contributed by atoms with Gasteiger partial charge >= 0.3 is 125 Å². The second-order valence-corrected chi connectivity index (χ2v) is 9.59. The molecule has 2 rings (SSSR count). The van der Waals surface area contributed by atoms with Gasteiger partial charge in [0.2, 0.25) is 0 Å². The van der Waals surface area contributed by atoms with Gasteiger partial charge in [-0.15, -0.1) is 0 Å². The van der Waals surface area contributed by atoms with E-state index in [1.54, 1.807) is 12.1 Å². The van der Waals surface area contributed by atoms with Crippen LogP contribution in [0.5, 0.6) is 0 Å². The first-order valence-electron chi connectivity index (χ1n) is 5.52. The van der Waals surface area contributed by atoms with Crippen LogP contribution in [0.25, 0.3) is 0 Å². The van der Waals surface area contributed by atoms with Gasteiger partial charge in [-0.25, -0.2) is 0 Å². The normalized spacial score (nSPS) is 10.3. The SMILES string of the molecule is O=C([Se][Se]C(=O)c1ccccc1F)c1ccccc1F. The molecule has 2 aromatic carbocycles. The summed E-state index contributed by atoms with van der Waals surface area (Å²) in [5.41, 5.74) is -0.00795. The van der Waals surface area contributed by atoms with E-state index >= 15 is 0 Å². The van der Waals surface area contributed by atoms with Crippen molar-refractivity contribution in [3.8, 4) is 0 Å². The fourth-order valence-corrected chi connectivity index (χ4v) is 6.42. The number of benzene rings is 2. The Kier molecular flexibility index (Phi) is 5.21. The molecule has 0 saturated heterocycles. The van der Waals surface area contributed by atoms with Crippen LogP contribution in [0, 0.1) is 11.6 Å². The van der Waals surface area contributed by atoms with Crippen molar-refractivity contribution in [3.05, 3.63) is 71.3 Å². The Morgan fingerprint density at radius 1 is 0.700 bits per heavy atom. The summed E-state index contributed by atoms with van der Waals surface area (Å²) < 4.78 is 26.1. The van der Waals surface area contributed by atoms with Crippen molar-refractivity contribution in [3.63, 3.8) is 0 Å². The number of hydrogen-bond acceptors (Lipinski definition) is 2. The molecule has 0 spiro atoms. The molecule has 102 valence electrons. The maximum absolute atomic E-state index is 13.4. The molecule has 0 unspecified atom stereocenters. The monoisotopic (exact) mass is 406 g/mol. The molecule has 0 radical (unpaired) electrons. The van der Waals surface area contributed by atoms with Crippen molar-refractivity contribution in [1.29, 1.82) is 0 Å². The molecule has 0 N–H and O–H groups in total. The number of carbonyl (C=O) groups excluding carboxylic acids is 2. The molecule has 0 heterocycles. The van der Waals surface area contributed by atoms with Gasteiger partial charge in [-0.1, -0.05) is 0 Å².